The molecule has 1 saturated carbocycles. The van der Waals surface area contributed by atoms with Crippen molar-refractivity contribution in [1.82, 2.24) is 9.88 Å². The molecule has 1 aliphatic carbocycles. The van der Waals surface area contributed by atoms with Gasteiger partial charge in [-0.2, -0.15) is 5.26 Å². The fourth-order valence-corrected chi connectivity index (χ4v) is 3.57. The van der Waals surface area contributed by atoms with Crippen molar-refractivity contribution in [2.24, 2.45) is 17.6 Å². The number of methoxy groups -OCH3 is 1. The average Bonchev–Trinajstić information content (AvgIpc) is 3.39. The van der Waals surface area contributed by atoms with Crippen molar-refractivity contribution in [3.63, 3.8) is 0 Å². The fourth-order valence-electron chi connectivity index (χ4n) is 3.57. The van der Waals surface area contributed by atoms with Crippen LogP contribution in [0.25, 0.3) is 10.9 Å². The lowest BCUT2D eigenvalue weighted by molar-refractivity contribution is -0.129. The highest BCUT2D eigenvalue weighted by molar-refractivity contribution is 5.93. The molecule has 31 heavy (non-hydrogen) atoms. The summed E-state index contributed by atoms with van der Waals surface area (Å²) in [5, 5.41) is 9.11. The summed E-state index contributed by atoms with van der Waals surface area (Å²) in [7, 11) is 3.10. The number of amides is 1. The van der Waals surface area contributed by atoms with E-state index >= 15 is 0 Å². The number of nitriles is 1. The molecule has 2 unspecified atom stereocenters. The van der Waals surface area contributed by atoms with E-state index in [9.17, 15) is 9.59 Å². The Labute approximate surface area is 182 Å². The van der Waals surface area contributed by atoms with Gasteiger partial charge in [-0.1, -0.05) is 0 Å². The number of pyridine rings is 1. The van der Waals surface area contributed by atoms with Gasteiger partial charge in [-0.25, -0.2) is 0 Å². The molecule has 1 aromatic heterocycles. The third kappa shape index (κ3) is 6.15. The molecule has 1 aromatic carbocycles. The van der Waals surface area contributed by atoms with Crippen LogP contribution in [0.4, 0.5) is 0 Å². The first-order chi connectivity index (χ1) is 15.0. The van der Waals surface area contributed by atoms with E-state index in [-0.39, 0.29) is 18.4 Å². The Kier molecular flexibility index (Phi) is 8.76. The lowest BCUT2D eigenvalue weighted by atomic mass is 10.1. The topological polar surface area (TPSA) is 119 Å². The van der Waals surface area contributed by atoms with E-state index in [2.05, 4.69) is 10.7 Å². The van der Waals surface area contributed by atoms with Crippen molar-refractivity contribution in [3.8, 4) is 17.6 Å². The van der Waals surface area contributed by atoms with E-state index in [1.54, 1.807) is 31.5 Å². The van der Waals surface area contributed by atoms with Crippen LogP contribution in [0.1, 0.15) is 37.0 Å². The molecule has 1 amide bonds. The zero-order valence-electron chi connectivity index (χ0n) is 18.5. The van der Waals surface area contributed by atoms with Crippen LogP contribution in [0.3, 0.4) is 0 Å². The SMILES string of the molecule is CN.COc1ccnc2cc(C=O)c(OC(C)C)cc12.N#CCC(=O)N1CC2CC2C1. The van der Waals surface area contributed by atoms with Crippen LogP contribution >= 0.6 is 0 Å². The molecule has 8 nitrogen and oxygen atoms in total. The maximum atomic E-state index is 11.1. The summed E-state index contributed by atoms with van der Waals surface area (Å²) in [6.07, 6.45) is 3.79. The number of ether oxygens (including phenoxy) is 2. The number of benzene rings is 1. The van der Waals surface area contributed by atoms with Crippen molar-refractivity contribution < 1.29 is 19.1 Å². The molecule has 2 atom stereocenters. The number of fused-ring (bicyclic) bond motifs is 2. The Morgan fingerprint density at radius 1 is 1.32 bits per heavy atom. The van der Waals surface area contributed by atoms with Crippen LogP contribution in [0, 0.1) is 23.2 Å². The molecule has 2 N–H and O–H groups in total. The Hall–Kier alpha value is -3.18. The first-order valence-corrected chi connectivity index (χ1v) is 10.3. The summed E-state index contributed by atoms with van der Waals surface area (Å²) in [6.45, 7) is 5.65. The molecule has 0 spiro atoms. The smallest absolute Gasteiger partial charge is 0.236 e. The van der Waals surface area contributed by atoms with Gasteiger partial charge in [0.2, 0.25) is 5.91 Å². The highest BCUT2D eigenvalue weighted by Crippen LogP contribution is 2.44. The molecule has 2 heterocycles. The number of hydrogen-bond acceptors (Lipinski definition) is 7. The summed E-state index contributed by atoms with van der Waals surface area (Å²) in [4.78, 5) is 28.2. The van der Waals surface area contributed by atoms with Crippen molar-refractivity contribution in [2.75, 3.05) is 27.2 Å². The number of carbonyl (C=O) groups excluding carboxylic acids is 2. The molecule has 2 fully saturated rings. The minimum absolute atomic E-state index is 0.00353. The standard InChI is InChI=1S/C14H15NO3.C8H10N2O.CH5N/c1-9(2)18-14-7-11-12(6-10(14)8-16)15-5-4-13(11)17-3;9-2-1-8(11)10-4-6-3-7(6)5-10;1-2/h4-9H,1-3H3;6-7H,1,3-5H2;2H2,1H3. The summed E-state index contributed by atoms with van der Waals surface area (Å²) >= 11 is 0. The van der Waals surface area contributed by atoms with Crippen LogP contribution in [0.2, 0.25) is 0 Å². The largest absolute Gasteiger partial charge is 0.496 e. The van der Waals surface area contributed by atoms with E-state index < -0.39 is 0 Å². The maximum absolute atomic E-state index is 11.1. The van der Waals surface area contributed by atoms with Gasteiger partial charge in [0, 0.05) is 24.7 Å². The lowest BCUT2D eigenvalue weighted by Gasteiger charge is -2.15. The molecule has 1 aliphatic heterocycles. The third-order valence-electron chi connectivity index (χ3n) is 5.10. The Bertz CT molecular complexity index is 944. The maximum Gasteiger partial charge on any atom is 0.236 e. The number of nitrogens with two attached hydrogens (primary N) is 1. The van der Waals surface area contributed by atoms with Gasteiger partial charge in [-0.3, -0.25) is 14.6 Å². The molecule has 2 aromatic rings. The van der Waals surface area contributed by atoms with Crippen LogP contribution in [0.15, 0.2) is 24.4 Å². The fraction of sp³-hybridized carbons (Fsp3) is 0.478. The molecule has 8 heteroatoms. The third-order valence-corrected chi connectivity index (χ3v) is 5.10. The molecular weight excluding hydrogens is 396 g/mol. The highest BCUT2D eigenvalue weighted by atomic mass is 16.5. The second-order valence-corrected chi connectivity index (χ2v) is 7.59. The Morgan fingerprint density at radius 3 is 2.55 bits per heavy atom. The minimum Gasteiger partial charge on any atom is -0.496 e. The highest BCUT2D eigenvalue weighted by Gasteiger charge is 2.46. The van der Waals surface area contributed by atoms with Crippen molar-refractivity contribution in [2.45, 2.75) is 32.8 Å². The zero-order valence-corrected chi connectivity index (χ0v) is 18.5. The van der Waals surface area contributed by atoms with Gasteiger partial charge in [0.25, 0.3) is 0 Å². The second-order valence-electron chi connectivity index (χ2n) is 7.59. The predicted octanol–water partition coefficient (Wildman–Crippen LogP) is 2.80. The number of nitrogens with zero attached hydrogens (tertiary/aromatic N) is 3. The van der Waals surface area contributed by atoms with Gasteiger partial charge in [0.05, 0.1) is 30.4 Å². The van der Waals surface area contributed by atoms with Crippen molar-refractivity contribution in [1.29, 1.82) is 5.26 Å². The molecule has 4 rings (SSSR count). The monoisotopic (exact) mass is 426 g/mol. The minimum atomic E-state index is 0.00353. The summed E-state index contributed by atoms with van der Waals surface area (Å²) in [6, 6.07) is 7.17. The molecule has 166 valence electrons. The van der Waals surface area contributed by atoms with Gasteiger partial charge in [-0.05, 0) is 57.4 Å². The zero-order chi connectivity index (χ0) is 23.0. The predicted molar refractivity (Wildman–Crippen MR) is 118 cm³/mol. The van der Waals surface area contributed by atoms with Crippen LogP contribution < -0.4 is 15.2 Å². The van der Waals surface area contributed by atoms with E-state index in [4.69, 9.17) is 14.7 Å². The number of hydrogen-bond donors (Lipinski definition) is 1. The number of piperidine rings is 1. The van der Waals surface area contributed by atoms with Crippen LogP contribution in [-0.4, -0.2) is 55.4 Å². The first-order valence-electron chi connectivity index (χ1n) is 10.3. The van der Waals surface area contributed by atoms with Gasteiger partial charge in [-0.15, -0.1) is 0 Å². The summed E-state index contributed by atoms with van der Waals surface area (Å²) < 4.78 is 10.9. The molecule has 0 bridgehead atoms. The lowest BCUT2D eigenvalue weighted by Crippen LogP contribution is -2.29. The van der Waals surface area contributed by atoms with Crippen molar-refractivity contribution in [3.05, 3.63) is 30.0 Å². The van der Waals surface area contributed by atoms with Gasteiger partial charge in [0.15, 0.2) is 6.29 Å². The molecule has 2 aliphatic rings. The van der Waals surface area contributed by atoms with Gasteiger partial charge < -0.3 is 20.1 Å². The van der Waals surface area contributed by atoms with Gasteiger partial charge in [0.1, 0.15) is 17.9 Å². The molecule has 0 radical (unpaired) electrons. The number of aldehydes is 1. The molecular formula is C23H30N4O4. The number of likely N-dealkylation sites (tertiary alicyclic amines) is 1. The quantitative estimate of drug-likeness (QED) is 0.730. The number of rotatable bonds is 5. The van der Waals surface area contributed by atoms with E-state index in [1.807, 2.05) is 24.8 Å². The van der Waals surface area contributed by atoms with Crippen LogP contribution in [0.5, 0.6) is 11.5 Å². The van der Waals surface area contributed by atoms with Gasteiger partial charge >= 0.3 is 0 Å². The second kappa shape index (κ2) is 11.3. The van der Waals surface area contributed by atoms with Crippen molar-refractivity contribution >= 4 is 23.1 Å². The normalized spacial score (nSPS) is 18.0. The summed E-state index contributed by atoms with van der Waals surface area (Å²) in [5.41, 5.74) is 5.71. The van der Waals surface area contributed by atoms with Crippen LogP contribution in [-0.2, 0) is 4.79 Å². The Balaban J connectivity index is 0.000000224. The van der Waals surface area contributed by atoms with E-state index in [0.717, 1.165) is 36.6 Å². The molecule has 1 saturated heterocycles. The average molecular weight is 427 g/mol. The van der Waals surface area contributed by atoms with E-state index in [0.29, 0.717) is 22.6 Å². The number of carbonyl (C=O) groups is 2. The first kappa shape index (κ1) is 24.1. The Morgan fingerprint density at radius 2 is 2.00 bits per heavy atom. The summed E-state index contributed by atoms with van der Waals surface area (Å²) in [5.74, 6) is 2.83. The number of aromatic nitrogens is 1. The van der Waals surface area contributed by atoms with E-state index in [1.165, 1.54) is 13.5 Å².